The van der Waals surface area contributed by atoms with Crippen LogP contribution in [0.15, 0.2) is 42.7 Å². The van der Waals surface area contributed by atoms with Crippen LogP contribution >= 0.6 is 22.9 Å². The molecule has 144 valence electrons. The summed E-state index contributed by atoms with van der Waals surface area (Å²) < 4.78 is 0. The molecule has 8 heteroatoms. The van der Waals surface area contributed by atoms with Gasteiger partial charge in [0.25, 0.3) is 5.91 Å². The number of carbonyl (C=O) groups excluding carboxylic acids is 1. The lowest BCUT2D eigenvalue weighted by Gasteiger charge is -2.32. The van der Waals surface area contributed by atoms with Gasteiger partial charge in [-0.3, -0.25) is 4.79 Å². The van der Waals surface area contributed by atoms with Gasteiger partial charge in [0.15, 0.2) is 0 Å². The van der Waals surface area contributed by atoms with E-state index in [0.717, 1.165) is 48.1 Å². The van der Waals surface area contributed by atoms with Crippen LogP contribution in [0.1, 0.15) is 28.2 Å². The molecule has 1 aromatic carbocycles. The SMILES string of the molecule is Cc1nc(-c2ccc(Cl)cc2)sc1C(=O)NC1CCN(c2ncccn2)CC1. The third kappa shape index (κ3) is 4.15. The number of hydrogen-bond donors (Lipinski definition) is 1. The zero-order chi connectivity index (χ0) is 19.5. The molecule has 0 saturated carbocycles. The van der Waals surface area contributed by atoms with Gasteiger partial charge in [-0.1, -0.05) is 23.7 Å². The number of thiazole rings is 1. The summed E-state index contributed by atoms with van der Waals surface area (Å²) in [6.45, 7) is 3.53. The first-order valence-electron chi connectivity index (χ1n) is 9.16. The maximum absolute atomic E-state index is 12.8. The first-order chi connectivity index (χ1) is 13.6. The molecule has 0 atom stereocenters. The summed E-state index contributed by atoms with van der Waals surface area (Å²) in [5.41, 5.74) is 1.72. The molecule has 0 aliphatic carbocycles. The molecule has 3 aromatic rings. The van der Waals surface area contributed by atoms with Crippen molar-refractivity contribution < 1.29 is 4.79 Å². The summed E-state index contributed by atoms with van der Waals surface area (Å²) in [5, 5.41) is 4.68. The fourth-order valence-corrected chi connectivity index (χ4v) is 4.35. The Hall–Kier alpha value is -2.51. The van der Waals surface area contributed by atoms with Gasteiger partial charge >= 0.3 is 0 Å². The number of anilines is 1. The van der Waals surface area contributed by atoms with Gasteiger partial charge in [-0.25, -0.2) is 15.0 Å². The highest BCUT2D eigenvalue weighted by molar-refractivity contribution is 7.17. The van der Waals surface area contributed by atoms with Crippen molar-refractivity contribution in [2.75, 3.05) is 18.0 Å². The number of amides is 1. The zero-order valence-electron chi connectivity index (χ0n) is 15.4. The van der Waals surface area contributed by atoms with E-state index in [1.807, 2.05) is 37.3 Å². The average molecular weight is 414 g/mol. The van der Waals surface area contributed by atoms with Gasteiger partial charge < -0.3 is 10.2 Å². The molecule has 2 aromatic heterocycles. The van der Waals surface area contributed by atoms with Crippen LogP contribution in [0.4, 0.5) is 5.95 Å². The summed E-state index contributed by atoms with van der Waals surface area (Å²) in [6, 6.07) is 9.46. The molecule has 1 fully saturated rings. The Morgan fingerprint density at radius 1 is 1.18 bits per heavy atom. The maximum atomic E-state index is 12.8. The molecule has 0 spiro atoms. The number of rotatable bonds is 4. The number of aromatic nitrogens is 3. The largest absolute Gasteiger partial charge is 0.348 e. The minimum Gasteiger partial charge on any atom is -0.348 e. The number of piperidine rings is 1. The molecule has 0 bridgehead atoms. The minimum absolute atomic E-state index is 0.0513. The van der Waals surface area contributed by atoms with Crippen molar-refractivity contribution in [3.05, 3.63) is 58.3 Å². The number of carbonyl (C=O) groups is 1. The normalized spacial score (nSPS) is 14.9. The number of benzene rings is 1. The molecular formula is C20H20ClN5OS. The molecular weight excluding hydrogens is 394 g/mol. The minimum atomic E-state index is -0.0513. The Bertz CT molecular complexity index is 952. The molecule has 1 saturated heterocycles. The highest BCUT2D eigenvalue weighted by Crippen LogP contribution is 2.29. The molecule has 0 radical (unpaired) electrons. The highest BCUT2D eigenvalue weighted by atomic mass is 35.5. The fourth-order valence-electron chi connectivity index (χ4n) is 3.25. The standard InChI is InChI=1S/C20H20ClN5OS/c1-13-17(28-19(24-13)14-3-5-15(21)6-4-14)18(27)25-16-7-11-26(12-8-16)20-22-9-2-10-23-20/h2-6,9-10,16H,7-8,11-12H2,1H3,(H,25,27). The maximum Gasteiger partial charge on any atom is 0.263 e. The van der Waals surface area contributed by atoms with Crippen molar-refractivity contribution in [3.63, 3.8) is 0 Å². The molecule has 1 amide bonds. The predicted molar refractivity (Wildman–Crippen MR) is 112 cm³/mol. The summed E-state index contributed by atoms with van der Waals surface area (Å²) in [6.07, 6.45) is 5.24. The lowest BCUT2D eigenvalue weighted by molar-refractivity contribution is 0.0934. The predicted octanol–water partition coefficient (Wildman–Crippen LogP) is 3.96. The van der Waals surface area contributed by atoms with Crippen molar-refractivity contribution in [2.24, 2.45) is 0 Å². The summed E-state index contributed by atoms with van der Waals surface area (Å²) in [7, 11) is 0. The van der Waals surface area contributed by atoms with Gasteiger partial charge in [-0.2, -0.15) is 0 Å². The van der Waals surface area contributed by atoms with Crippen LogP contribution in [-0.2, 0) is 0 Å². The first kappa shape index (κ1) is 18.8. The molecule has 0 unspecified atom stereocenters. The van der Waals surface area contributed by atoms with Crippen LogP contribution in [0.25, 0.3) is 10.6 Å². The van der Waals surface area contributed by atoms with E-state index in [0.29, 0.717) is 9.90 Å². The lowest BCUT2D eigenvalue weighted by Crippen LogP contribution is -2.45. The van der Waals surface area contributed by atoms with Crippen molar-refractivity contribution in [1.29, 1.82) is 0 Å². The van der Waals surface area contributed by atoms with Gasteiger partial charge in [0, 0.05) is 42.1 Å². The van der Waals surface area contributed by atoms with Crippen molar-refractivity contribution in [1.82, 2.24) is 20.3 Å². The number of halogens is 1. The monoisotopic (exact) mass is 413 g/mol. The number of hydrogen-bond acceptors (Lipinski definition) is 6. The van der Waals surface area contributed by atoms with E-state index in [2.05, 4.69) is 25.2 Å². The topological polar surface area (TPSA) is 71.0 Å². The number of nitrogens with zero attached hydrogens (tertiary/aromatic N) is 4. The van der Waals surface area contributed by atoms with Gasteiger partial charge in [0.1, 0.15) is 9.88 Å². The van der Waals surface area contributed by atoms with Crippen LogP contribution in [0.5, 0.6) is 0 Å². The van der Waals surface area contributed by atoms with E-state index in [9.17, 15) is 4.79 Å². The smallest absolute Gasteiger partial charge is 0.263 e. The quantitative estimate of drug-likeness (QED) is 0.700. The highest BCUT2D eigenvalue weighted by Gasteiger charge is 2.24. The van der Waals surface area contributed by atoms with E-state index in [4.69, 9.17) is 11.6 Å². The third-order valence-electron chi connectivity index (χ3n) is 4.76. The Morgan fingerprint density at radius 3 is 2.54 bits per heavy atom. The molecule has 28 heavy (non-hydrogen) atoms. The Balaban J connectivity index is 1.39. The van der Waals surface area contributed by atoms with Crippen LogP contribution in [0, 0.1) is 6.92 Å². The molecule has 6 nitrogen and oxygen atoms in total. The Morgan fingerprint density at radius 2 is 1.86 bits per heavy atom. The first-order valence-corrected chi connectivity index (χ1v) is 10.4. The second-order valence-electron chi connectivity index (χ2n) is 6.72. The Labute approximate surface area is 172 Å². The van der Waals surface area contributed by atoms with E-state index in [-0.39, 0.29) is 11.9 Å². The van der Waals surface area contributed by atoms with E-state index < -0.39 is 0 Å². The molecule has 4 rings (SSSR count). The van der Waals surface area contributed by atoms with Crippen LogP contribution in [0.3, 0.4) is 0 Å². The van der Waals surface area contributed by atoms with Gasteiger partial charge in [0.05, 0.1) is 5.69 Å². The van der Waals surface area contributed by atoms with Gasteiger partial charge in [-0.15, -0.1) is 11.3 Å². The van der Waals surface area contributed by atoms with Crippen molar-refractivity contribution in [3.8, 4) is 10.6 Å². The summed E-state index contributed by atoms with van der Waals surface area (Å²) >= 11 is 7.37. The average Bonchev–Trinajstić information content (AvgIpc) is 3.11. The summed E-state index contributed by atoms with van der Waals surface area (Å²) in [4.78, 5) is 28.8. The number of nitrogens with one attached hydrogen (secondary N) is 1. The molecule has 1 N–H and O–H groups in total. The third-order valence-corrected chi connectivity index (χ3v) is 6.22. The van der Waals surface area contributed by atoms with E-state index in [1.54, 1.807) is 12.4 Å². The van der Waals surface area contributed by atoms with Crippen LogP contribution < -0.4 is 10.2 Å². The van der Waals surface area contributed by atoms with Crippen molar-refractivity contribution >= 4 is 34.8 Å². The van der Waals surface area contributed by atoms with Crippen LogP contribution in [-0.4, -0.2) is 40.0 Å². The Kier molecular flexibility index (Phi) is 5.54. The van der Waals surface area contributed by atoms with Gasteiger partial charge in [-0.05, 0) is 38.0 Å². The zero-order valence-corrected chi connectivity index (χ0v) is 17.0. The van der Waals surface area contributed by atoms with Crippen molar-refractivity contribution in [2.45, 2.75) is 25.8 Å². The second-order valence-corrected chi connectivity index (χ2v) is 8.16. The molecule has 3 heterocycles. The second kappa shape index (κ2) is 8.24. The molecule has 1 aliphatic rings. The van der Waals surface area contributed by atoms with E-state index >= 15 is 0 Å². The number of aryl methyl sites for hydroxylation is 1. The van der Waals surface area contributed by atoms with E-state index in [1.165, 1.54) is 11.3 Å². The molecule has 1 aliphatic heterocycles. The fraction of sp³-hybridized carbons (Fsp3) is 0.300. The lowest BCUT2D eigenvalue weighted by atomic mass is 10.1. The van der Waals surface area contributed by atoms with Crippen LogP contribution in [0.2, 0.25) is 5.02 Å². The summed E-state index contributed by atoms with van der Waals surface area (Å²) in [5.74, 6) is 0.697. The van der Waals surface area contributed by atoms with Gasteiger partial charge in [0.2, 0.25) is 5.95 Å².